The summed E-state index contributed by atoms with van der Waals surface area (Å²) in [6, 6.07) is 8.19. The number of amides is 1. The molecule has 0 bridgehead atoms. The average molecular weight is 175 g/mol. The van der Waals surface area contributed by atoms with Crippen LogP contribution in [0.5, 0.6) is 5.75 Å². The van der Waals surface area contributed by atoms with E-state index in [-0.39, 0.29) is 11.9 Å². The maximum Gasteiger partial charge on any atom is 0.228 e. The molecule has 0 N–H and O–H groups in total. The Morgan fingerprint density at radius 1 is 1.38 bits per heavy atom. The number of ether oxygens (including phenoxy) is 1. The molecule has 13 heavy (non-hydrogen) atoms. The number of rotatable bonds is 0. The molecule has 3 nitrogen and oxygen atoms in total. The molecule has 1 aromatic rings. The number of fused-ring (bicyclic) bond motifs is 3. The van der Waals surface area contributed by atoms with Gasteiger partial charge in [-0.25, -0.2) is 0 Å². The fourth-order valence-electron chi connectivity index (χ4n) is 1.92. The second-order valence-electron chi connectivity index (χ2n) is 3.39. The van der Waals surface area contributed by atoms with Crippen LogP contribution in [0.4, 0.5) is 0 Å². The molecule has 1 atom stereocenters. The number of carbonyl (C=O) groups excluding carboxylic acids is 1. The predicted molar refractivity (Wildman–Crippen MR) is 46.1 cm³/mol. The fourth-order valence-corrected chi connectivity index (χ4v) is 1.92. The number of hydrogen-bond donors (Lipinski definition) is 0. The maximum atomic E-state index is 11.1. The van der Waals surface area contributed by atoms with Gasteiger partial charge in [-0.2, -0.15) is 0 Å². The van der Waals surface area contributed by atoms with E-state index in [1.165, 1.54) is 0 Å². The van der Waals surface area contributed by atoms with Gasteiger partial charge >= 0.3 is 0 Å². The maximum absolute atomic E-state index is 11.1. The SMILES string of the molecule is O=C1C[C@@H]2c3ccccc3OCN12. The zero-order chi connectivity index (χ0) is 8.84. The predicted octanol–water partition coefficient (Wildman–Crippen LogP) is 1.31. The number of nitrogens with zero attached hydrogens (tertiary/aromatic N) is 1. The summed E-state index contributed by atoms with van der Waals surface area (Å²) in [5.41, 5.74) is 1.15. The number of β-lactam (4-membered cyclic amide) rings is 1. The molecule has 0 spiro atoms. The highest BCUT2D eigenvalue weighted by Crippen LogP contribution is 2.41. The minimum absolute atomic E-state index is 0.194. The highest BCUT2D eigenvalue weighted by atomic mass is 16.5. The lowest BCUT2D eigenvalue weighted by Crippen LogP contribution is -2.50. The van der Waals surface area contributed by atoms with Crippen molar-refractivity contribution in [3.8, 4) is 5.75 Å². The molecule has 0 unspecified atom stereocenters. The smallest absolute Gasteiger partial charge is 0.228 e. The van der Waals surface area contributed by atoms with Crippen LogP contribution in [0.1, 0.15) is 18.0 Å². The quantitative estimate of drug-likeness (QED) is 0.556. The highest BCUT2D eigenvalue weighted by molar-refractivity contribution is 5.84. The van der Waals surface area contributed by atoms with Gasteiger partial charge in [0.2, 0.25) is 5.91 Å². The van der Waals surface area contributed by atoms with E-state index in [1.54, 1.807) is 4.90 Å². The number of benzene rings is 1. The van der Waals surface area contributed by atoms with Crippen LogP contribution in [0.25, 0.3) is 0 Å². The molecule has 0 aliphatic carbocycles. The monoisotopic (exact) mass is 175 g/mol. The highest BCUT2D eigenvalue weighted by Gasteiger charge is 2.41. The van der Waals surface area contributed by atoms with E-state index < -0.39 is 0 Å². The van der Waals surface area contributed by atoms with Gasteiger partial charge < -0.3 is 9.64 Å². The molecule has 1 aromatic carbocycles. The number of carbonyl (C=O) groups is 1. The lowest BCUT2D eigenvalue weighted by atomic mass is 9.93. The van der Waals surface area contributed by atoms with E-state index in [0.29, 0.717) is 13.2 Å². The van der Waals surface area contributed by atoms with Crippen LogP contribution in [0.2, 0.25) is 0 Å². The Balaban J connectivity index is 2.05. The normalized spacial score (nSPS) is 24.2. The lowest BCUT2D eigenvalue weighted by Gasteiger charge is -2.44. The molecule has 3 rings (SSSR count). The van der Waals surface area contributed by atoms with Gasteiger partial charge in [0.1, 0.15) is 5.75 Å². The third-order valence-electron chi connectivity index (χ3n) is 2.70. The molecule has 0 aromatic heterocycles. The summed E-state index contributed by atoms with van der Waals surface area (Å²) in [4.78, 5) is 12.9. The molecule has 2 aliphatic heterocycles. The summed E-state index contributed by atoms with van der Waals surface area (Å²) in [5, 5.41) is 0. The molecular formula is C10H9NO2. The van der Waals surface area contributed by atoms with Gasteiger partial charge in [0.05, 0.1) is 12.5 Å². The Morgan fingerprint density at radius 3 is 3.08 bits per heavy atom. The Labute approximate surface area is 75.9 Å². The van der Waals surface area contributed by atoms with Crippen LogP contribution in [-0.4, -0.2) is 17.5 Å². The van der Waals surface area contributed by atoms with Crippen LogP contribution < -0.4 is 4.74 Å². The summed E-state index contributed by atoms with van der Waals surface area (Å²) < 4.78 is 5.43. The zero-order valence-corrected chi connectivity index (χ0v) is 7.06. The van der Waals surface area contributed by atoms with Crippen LogP contribution in [0.15, 0.2) is 24.3 Å². The van der Waals surface area contributed by atoms with Crippen LogP contribution in [0.3, 0.4) is 0 Å². The van der Waals surface area contributed by atoms with Crippen molar-refractivity contribution in [1.29, 1.82) is 0 Å². The van der Waals surface area contributed by atoms with Crippen molar-refractivity contribution in [3.63, 3.8) is 0 Å². The molecular weight excluding hydrogens is 166 g/mol. The standard InChI is InChI=1S/C10H9NO2/c12-10-5-8-7-3-1-2-4-9(7)13-6-11(8)10/h1-4,8H,5-6H2/t8-/m1/s1. The summed E-state index contributed by atoms with van der Waals surface area (Å²) in [6.07, 6.45) is 0.639. The van der Waals surface area contributed by atoms with Crippen molar-refractivity contribution in [1.82, 2.24) is 4.90 Å². The lowest BCUT2D eigenvalue weighted by molar-refractivity contribution is -0.153. The van der Waals surface area contributed by atoms with E-state index in [4.69, 9.17) is 4.74 Å². The summed E-state index contributed by atoms with van der Waals surface area (Å²) in [6.45, 7) is 0.417. The first-order chi connectivity index (χ1) is 6.36. The van der Waals surface area contributed by atoms with Gasteiger partial charge in [-0.3, -0.25) is 4.79 Å². The van der Waals surface area contributed by atoms with Crippen molar-refractivity contribution in [2.45, 2.75) is 12.5 Å². The number of para-hydroxylation sites is 1. The van der Waals surface area contributed by atoms with Crippen LogP contribution in [0, 0.1) is 0 Å². The first-order valence-electron chi connectivity index (χ1n) is 4.37. The minimum atomic E-state index is 0.194. The van der Waals surface area contributed by atoms with Gasteiger partial charge in [0, 0.05) is 5.56 Å². The van der Waals surface area contributed by atoms with E-state index in [9.17, 15) is 4.79 Å². The molecule has 2 heterocycles. The third kappa shape index (κ3) is 0.813. The Morgan fingerprint density at radius 2 is 2.23 bits per heavy atom. The topological polar surface area (TPSA) is 29.5 Å². The Hall–Kier alpha value is -1.51. The molecule has 0 radical (unpaired) electrons. The minimum Gasteiger partial charge on any atom is -0.473 e. The van der Waals surface area contributed by atoms with E-state index in [2.05, 4.69) is 0 Å². The molecule has 0 saturated carbocycles. The van der Waals surface area contributed by atoms with Gasteiger partial charge in [0.25, 0.3) is 0 Å². The summed E-state index contributed by atoms with van der Waals surface area (Å²) in [7, 11) is 0. The second kappa shape index (κ2) is 2.25. The van der Waals surface area contributed by atoms with Crippen LogP contribution in [-0.2, 0) is 4.79 Å². The molecule has 2 aliphatic rings. The zero-order valence-electron chi connectivity index (χ0n) is 7.06. The van der Waals surface area contributed by atoms with Crippen molar-refractivity contribution in [3.05, 3.63) is 29.8 Å². The molecule has 1 fully saturated rings. The fraction of sp³-hybridized carbons (Fsp3) is 0.300. The third-order valence-corrected chi connectivity index (χ3v) is 2.70. The molecule has 1 amide bonds. The molecule has 1 saturated heterocycles. The first kappa shape index (κ1) is 6.95. The van der Waals surface area contributed by atoms with Crippen LogP contribution >= 0.6 is 0 Å². The van der Waals surface area contributed by atoms with Gasteiger partial charge in [-0.15, -0.1) is 0 Å². The second-order valence-corrected chi connectivity index (χ2v) is 3.39. The van der Waals surface area contributed by atoms with Gasteiger partial charge in [0.15, 0.2) is 6.73 Å². The van der Waals surface area contributed by atoms with E-state index in [1.807, 2.05) is 24.3 Å². The van der Waals surface area contributed by atoms with Crippen molar-refractivity contribution in [2.75, 3.05) is 6.73 Å². The largest absolute Gasteiger partial charge is 0.473 e. The van der Waals surface area contributed by atoms with Crippen molar-refractivity contribution >= 4 is 5.91 Å². The van der Waals surface area contributed by atoms with Gasteiger partial charge in [-0.05, 0) is 6.07 Å². The van der Waals surface area contributed by atoms with E-state index >= 15 is 0 Å². The average Bonchev–Trinajstić information content (AvgIpc) is 2.16. The molecule has 3 heteroatoms. The van der Waals surface area contributed by atoms with Crippen molar-refractivity contribution in [2.24, 2.45) is 0 Å². The Kier molecular flexibility index (Phi) is 1.20. The number of hydrogen-bond acceptors (Lipinski definition) is 2. The summed E-state index contributed by atoms with van der Waals surface area (Å²) in [5.74, 6) is 1.12. The summed E-state index contributed by atoms with van der Waals surface area (Å²) >= 11 is 0. The first-order valence-corrected chi connectivity index (χ1v) is 4.37. The van der Waals surface area contributed by atoms with Crippen molar-refractivity contribution < 1.29 is 9.53 Å². The van der Waals surface area contributed by atoms with Gasteiger partial charge in [-0.1, -0.05) is 18.2 Å². The van der Waals surface area contributed by atoms with E-state index in [0.717, 1.165) is 11.3 Å². The Bertz CT molecular complexity index is 375. The molecule has 66 valence electrons.